The van der Waals surface area contributed by atoms with Crippen molar-refractivity contribution < 1.29 is 4.79 Å². The van der Waals surface area contributed by atoms with E-state index in [2.05, 4.69) is 23.5 Å². The highest BCUT2D eigenvalue weighted by Gasteiger charge is 2.21. The third kappa shape index (κ3) is 3.86. The van der Waals surface area contributed by atoms with Crippen LogP contribution in [0.2, 0.25) is 0 Å². The Morgan fingerprint density at radius 1 is 1.58 bits per heavy atom. The first-order valence-corrected chi connectivity index (χ1v) is 7.85. The van der Waals surface area contributed by atoms with Crippen LogP contribution in [-0.2, 0) is 0 Å². The van der Waals surface area contributed by atoms with Crippen LogP contribution in [0.25, 0.3) is 0 Å². The number of amides is 1. The molecule has 0 saturated heterocycles. The van der Waals surface area contributed by atoms with E-state index < -0.39 is 0 Å². The first-order chi connectivity index (χ1) is 9.04. The van der Waals surface area contributed by atoms with Gasteiger partial charge < -0.3 is 10.2 Å². The lowest BCUT2D eigenvalue weighted by atomic mass is 10.1. The molecular weight excluding hydrogens is 258 g/mol. The monoisotopic (exact) mass is 281 g/mol. The molecule has 106 valence electrons. The van der Waals surface area contributed by atoms with Crippen molar-refractivity contribution in [1.82, 2.24) is 9.88 Å². The lowest BCUT2D eigenvalue weighted by Gasteiger charge is -2.27. The third-order valence-electron chi connectivity index (χ3n) is 3.24. The molecule has 1 rings (SSSR count). The molecule has 5 heteroatoms. The van der Waals surface area contributed by atoms with E-state index in [1.165, 1.54) is 0 Å². The van der Waals surface area contributed by atoms with Crippen molar-refractivity contribution >= 4 is 23.4 Å². The summed E-state index contributed by atoms with van der Waals surface area (Å²) in [7, 11) is 3.69. The SMILES string of the molecule is CCC(CSC)N(C)C(=O)c1cnc(C)cc1NC. The number of carbonyl (C=O) groups is 1. The van der Waals surface area contributed by atoms with E-state index in [0.717, 1.165) is 23.6 Å². The number of rotatable bonds is 6. The largest absolute Gasteiger partial charge is 0.387 e. The van der Waals surface area contributed by atoms with E-state index in [0.29, 0.717) is 5.56 Å². The predicted molar refractivity (Wildman–Crippen MR) is 83.1 cm³/mol. The van der Waals surface area contributed by atoms with Gasteiger partial charge in [0.25, 0.3) is 5.91 Å². The molecule has 0 saturated carbocycles. The van der Waals surface area contributed by atoms with Gasteiger partial charge in [-0.05, 0) is 25.7 Å². The number of aromatic nitrogens is 1. The molecule has 1 heterocycles. The number of hydrogen-bond donors (Lipinski definition) is 1. The van der Waals surface area contributed by atoms with Gasteiger partial charge in [-0.2, -0.15) is 11.8 Å². The Labute approximate surface area is 120 Å². The number of hydrogen-bond acceptors (Lipinski definition) is 4. The Hall–Kier alpha value is -1.23. The molecule has 0 aliphatic heterocycles. The van der Waals surface area contributed by atoms with Crippen molar-refractivity contribution in [3.8, 4) is 0 Å². The first kappa shape index (κ1) is 15.8. The third-order valence-corrected chi connectivity index (χ3v) is 3.96. The van der Waals surface area contributed by atoms with Crippen molar-refractivity contribution in [1.29, 1.82) is 0 Å². The zero-order valence-electron chi connectivity index (χ0n) is 12.4. The van der Waals surface area contributed by atoms with Gasteiger partial charge in [0.2, 0.25) is 0 Å². The van der Waals surface area contributed by atoms with Crippen molar-refractivity contribution in [2.75, 3.05) is 31.4 Å². The molecular formula is C14H23N3OS. The molecule has 1 aromatic rings. The van der Waals surface area contributed by atoms with E-state index in [4.69, 9.17) is 0 Å². The lowest BCUT2D eigenvalue weighted by molar-refractivity contribution is 0.0744. The second kappa shape index (κ2) is 7.38. The second-order valence-corrected chi connectivity index (χ2v) is 5.47. The topological polar surface area (TPSA) is 45.2 Å². The number of nitrogens with zero attached hydrogens (tertiary/aromatic N) is 2. The molecule has 0 spiro atoms. The van der Waals surface area contributed by atoms with Crippen LogP contribution in [0.1, 0.15) is 29.4 Å². The Morgan fingerprint density at radius 2 is 2.26 bits per heavy atom. The Kier molecular flexibility index (Phi) is 6.15. The summed E-state index contributed by atoms with van der Waals surface area (Å²) in [6.07, 6.45) is 4.68. The summed E-state index contributed by atoms with van der Waals surface area (Å²) in [5.74, 6) is 0.977. The highest BCUT2D eigenvalue weighted by Crippen LogP contribution is 2.19. The number of aryl methyl sites for hydroxylation is 1. The van der Waals surface area contributed by atoms with Gasteiger partial charge in [-0.25, -0.2) is 0 Å². The van der Waals surface area contributed by atoms with Crippen molar-refractivity contribution in [2.45, 2.75) is 26.3 Å². The summed E-state index contributed by atoms with van der Waals surface area (Å²) >= 11 is 1.76. The standard InChI is InChI=1S/C14H23N3OS/c1-6-11(9-19-5)17(4)14(18)12-8-16-10(2)7-13(12)15-3/h7-8,11H,6,9H2,1-5H3,(H,15,16). The van der Waals surface area contributed by atoms with Gasteiger partial charge in [-0.1, -0.05) is 6.92 Å². The Balaban J connectivity index is 2.99. The molecule has 1 amide bonds. The van der Waals surface area contributed by atoms with Crippen LogP contribution in [0.4, 0.5) is 5.69 Å². The molecule has 1 N–H and O–H groups in total. The zero-order chi connectivity index (χ0) is 14.4. The number of nitrogens with one attached hydrogen (secondary N) is 1. The molecule has 0 fully saturated rings. The molecule has 0 aromatic carbocycles. The Bertz CT molecular complexity index is 437. The summed E-state index contributed by atoms with van der Waals surface area (Å²) in [5.41, 5.74) is 2.37. The summed E-state index contributed by atoms with van der Waals surface area (Å²) in [6.45, 7) is 4.03. The van der Waals surface area contributed by atoms with E-state index in [1.807, 2.05) is 32.0 Å². The molecule has 1 atom stereocenters. The zero-order valence-corrected chi connectivity index (χ0v) is 13.2. The van der Waals surface area contributed by atoms with Crippen molar-refractivity contribution in [3.63, 3.8) is 0 Å². The molecule has 1 unspecified atom stereocenters. The predicted octanol–water partition coefficient (Wildman–Crippen LogP) is 2.65. The van der Waals surface area contributed by atoms with Gasteiger partial charge >= 0.3 is 0 Å². The van der Waals surface area contributed by atoms with Crippen LogP contribution < -0.4 is 5.32 Å². The minimum absolute atomic E-state index is 0.0257. The van der Waals surface area contributed by atoms with Gasteiger partial charge in [-0.3, -0.25) is 9.78 Å². The van der Waals surface area contributed by atoms with Crippen LogP contribution in [0, 0.1) is 6.92 Å². The Morgan fingerprint density at radius 3 is 2.79 bits per heavy atom. The quantitative estimate of drug-likeness (QED) is 0.870. The van der Waals surface area contributed by atoms with Gasteiger partial charge in [0.1, 0.15) is 0 Å². The molecule has 0 radical (unpaired) electrons. The van der Waals surface area contributed by atoms with Gasteiger partial charge in [0, 0.05) is 37.8 Å². The maximum Gasteiger partial charge on any atom is 0.257 e. The van der Waals surface area contributed by atoms with E-state index in [9.17, 15) is 4.79 Å². The molecule has 0 aliphatic rings. The molecule has 0 aliphatic carbocycles. The fraction of sp³-hybridized carbons (Fsp3) is 0.571. The van der Waals surface area contributed by atoms with Gasteiger partial charge in [0.15, 0.2) is 0 Å². The van der Waals surface area contributed by atoms with E-state index >= 15 is 0 Å². The average Bonchev–Trinajstić information content (AvgIpc) is 2.43. The number of thioether (sulfide) groups is 1. The van der Waals surface area contributed by atoms with E-state index in [1.54, 1.807) is 18.0 Å². The minimum Gasteiger partial charge on any atom is -0.387 e. The number of pyridine rings is 1. The first-order valence-electron chi connectivity index (χ1n) is 6.45. The lowest BCUT2D eigenvalue weighted by Crippen LogP contribution is -2.38. The highest BCUT2D eigenvalue weighted by molar-refractivity contribution is 7.98. The summed E-state index contributed by atoms with van der Waals surface area (Å²) in [5, 5.41) is 3.07. The fourth-order valence-corrected chi connectivity index (χ4v) is 2.83. The number of anilines is 1. The molecule has 1 aromatic heterocycles. The summed E-state index contributed by atoms with van der Waals surface area (Å²) in [4.78, 5) is 18.6. The highest BCUT2D eigenvalue weighted by atomic mass is 32.2. The molecule has 0 bridgehead atoms. The second-order valence-electron chi connectivity index (χ2n) is 4.55. The van der Waals surface area contributed by atoms with E-state index in [-0.39, 0.29) is 11.9 Å². The van der Waals surface area contributed by atoms with Crippen LogP contribution in [0.15, 0.2) is 12.3 Å². The normalized spacial score (nSPS) is 12.1. The van der Waals surface area contributed by atoms with Crippen molar-refractivity contribution in [2.24, 2.45) is 0 Å². The van der Waals surface area contributed by atoms with Crippen LogP contribution in [-0.4, -0.2) is 47.9 Å². The summed E-state index contributed by atoms with van der Waals surface area (Å²) in [6, 6.07) is 2.16. The average molecular weight is 281 g/mol. The van der Waals surface area contributed by atoms with Crippen LogP contribution in [0.3, 0.4) is 0 Å². The van der Waals surface area contributed by atoms with Crippen LogP contribution >= 0.6 is 11.8 Å². The molecule has 19 heavy (non-hydrogen) atoms. The fourth-order valence-electron chi connectivity index (χ4n) is 1.99. The summed E-state index contributed by atoms with van der Waals surface area (Å²) < 4.78 is 0. The maximum absolute atomic E-state index is 12.5. The van der Waals surface area contributed by atoms with Gasteiger partial charge in [-0.15, -0.1) is 0 Å². The number of carbonyl (C=O) groups excluding carboxylic acids is 1. The van der Waals surface area contributed by atoms with Gasteiger partial charge in [0.05, 0.1) is 11.3 Å². The maximum atomic E-state index is 12.5. The van der Waals surface area contributed by atoms with Crippen molar-refractivity contribution in [3.05, 3.63) is 23.5 Å². The minimum atomic E-state index is 0.0257. The smallest absolute Gasteiger partial charge is 0.257 e. The molecule has 4 nitrogen and oxygen atoms in total. The van der Waals surface area contributed by atoms with Crippen LogP contribution in [0.5, 0.6) is 0 Å².